The number of nitrogens with zero attached hydrogens (tertiary/aromatic N) is 1. The Kier molecular flexibility index (Phi) is 2.09. The number of hydrogen-bond donors (Lipinski definition) is 1. The van der Waals surface area contributed by atoms with Crippen LogP contribution in [0.1, 0.15) is 13.8 Å². The second-order valence-corrected chi connectivity index (χ2v) is 3.45. The fraction of sp³-hybridized carbons (Fsp3) is 1.00. The van der Waals surface area contributed by atoms with E-state index in [1.54, 1.807) is 0 Å². The van der Waals surface area contributed by atoms with Gasteiger partial charge in [0.25, 0.3) is 0 Å². The van der Waals surface area contributed by atoms with Gasteiger partial charge in [-0.25, -0.2) is 5.32 Å². The van der Waals surface area contributed by atoms with E-state index in [9.17, 15) is 0 Å². The van der Waals surface area contributed by atoms with E-state index in [1.807, 2.05) is 0 Å². The lowest BCUT2D eigenvalue weighted by Gasteiger charge is -2.20. The summed E-state index contributed by atoms with van der Waals surface area (Å²) in [5, 5.41) is 7.70. The quantitative estimate of drug-likeness (QED) is 0.495. The minimum atomic E-state index is 0.385. The average Bonchev–Trinajstić information content (AvgIpc) is 1.92. The normalized spacial score (nSPS) is 27.3. The minimum Gasteiger partial charge on any atom is -0.315 e. The Morgan fingerprint density at radius 2 is 2.22 bits per heavy atom. The van der Waals surface area contributed by atoms with Crippen molar-refractivity contribution in [2.24, 2.45) is 5.41 Å². The molecule has 0 spiro atoms. The van der Waals surface area contributed by atoms with Crippen molar-refractivity contribution in [3.05, 3.63) is 0 Å². The molecular weight excluding hydrogens is 112 g/mol. The van der Waals surface area contributed by atoms with Crippen LogP contribution in [0.15, 0.2) is 0 Å². The van der Waals surface area contributed by atoms with Crippen molar-refractivity contribution in [2.45, 2.75) is 13.8 Å². The van der Waals surface area contributed by atoms with Gasteiger partial charge >= 0.3 is 0 Å². The Morgan fingerprint density at radius 3 is 3.00 bits per heavy atom. The first-order chi connectivity index (χ1) is 4.21. The van der Waals surface area contributed by atoms with E-state index in [2.05, 4.69) is 24.5 Å². The lowest BCUT2D eigenvalue weighted by molar-refractivity contribution is 0.353. The minimum absolute atomic E-state index is 0.385. The highest BCUT2D eigenvalue weighted by molar-refractivity contribution is 4.77. The predicted molar refractivity (Wildman–Crippen MR) is 38.5 cm³/mol. The van der Waals surface area contributed by atoms with Gasteiger partial charge < -0.3 is 5.32 Å². The first-order valence-corrected chi connectivity index (χ1v) is 3.55. The number of hydrogen-bond acceptors (Lipinski definition) is 1. The highest BCUT2D eigenvalue weighted by Crippen LogP contribution is 2.12. The van der Waals surface area contributed by atoms with Crippen LogP contribution in [0.5, 0.6) is 0 Å². The van der Waals surface area contributed by atoms with E-state index in [-0.39, 0.29) is 0 Å². The van der Waals surface area contributed by atoms with Crippen LogP contribution < -0.4 is 10.6 Å². The molecule has 2 nitrogen and oxygen atoms in total. The zero-order valence-corrected chi connectivity index (χ0v) is 6.28. The second kappa shape index (κ2) is 2.67. The molecule has 0 aromatic carbocycles. The van der Waals surface area contributed by atoms with Crippen LogP contribution in [-0.2, 0) is 0 Å². The van der Waals surface area contributed by atoms with Gasteiger partial charge in [-0.1, -0.05) is 13.8 Å². The van der Waals surface area contributed by atoms with Gasteiger partial charge in [0.15, 0.2) is 0 Å². The van der Waals surface area contributed by atoms with E-state index in [1.165, 1.54) is 0 Å². The standard InChI is InChI=1S/C7H15N2/c1-7(2)5-8-3-4-9-6-7/h8H,3-6H2,1-2H3. The number of rotatable bonds is 0. The maximum absolute atomic E-state index is 4.36. The maximum atomic E-state index is 4.36. The summed E-state index contributed by atoms with van der Waals surface area (Å²) in [4.78, 5) is 0. The molecule has 1 radical (unpaired) electrons. The summed E-state index contributed by atoms with van der Waals surface area (Å²) in [5.74, 6) is 0. The summed E-state index contributed by atoms with van der Waals surface area (Å²) >= 11 is 0. The average molecular weight is 127 g/mol. The van der Waals surface area contributed by atoms with Crippen molar-refractivity contribution in [1.29, 1.82) is 0 Å². The second-order valence-electron chi connectivity index (χ2n) is 3.45. The molecule has 1 fully saturated rings. The Labute approximate surface area is 57.0 Å². The molecule has 9 heavy (non-hydrogen) atoms. The predicted octanol–water partition coefficient (Wildman–Crippen LogP) is 0.220. The maximum Gasteiger partial charge on any atom is 0.0258 e. The van der Waals surface area contributed by atoms with E-state index in [0.717, 1.165) is 26.2 Å². The van der Waals surface area contributed by atoms with Gasteiger partial charge in [0, 0.05) is 26.2 Å². The molecule has 0 atom stereocenters. The molecule has 2 heteroatoms. The van der Waals surface area contributed by atoms with Crippen molar-refractivity contribution in [3.8, 4) is 0 Å². The van der Waals surface area contributed by atoms with Gasteiger partial charge in [0.2, 0.25) is 0 Å². The van der Waals surface area contributed by atoms with Crippen LogP contribution in [0.2, 0.25) is 0 Å². The molecule has 0 amide bonds. The molecule has 1 saturated heterocycles. The van der Waals surface area contributed by atoms with Crippen molar-refractivity contribution in [1.82, 2.24) is 10.6 Å². The van der Waals surface area contributed by atoms with Gasteiger partial charge in [0.05, 0.1) is 0 Å². The Morgan fingerprint density at radius 1 is 1.44 bits per heavy atom. The molecule has 0 aliphatic carbocycles. The van der Waals surface area contributed by atoms with Crippen molar-refractivity contribution >= 4 is 0 Å². The molecule has 0 aromatic heterocycles. The van der Waals surface area contributed by atoms with Crippen LogP contribution >= 0.6 is 0 Å². The van der Waals surface area contributed by atoms with Crippen molar-refractivity contribution in [3.63, 3.8) is 0 Å². The van der Waals surface area contributed by atoms with E-state index >= 15 is 0 Å². The first-order valence-electron chi connectivity index (χ1n) is 3.55. The van der Waals surface area contributed by atoms with Crippen molar-refractivity contribution in [2.75, 3.05) is 26.2 Å². The monoisotopic (exact) mass is 127 g/mol. The summed E-state index contributed by atoms with van der Waals surface area (Å²) in [6.07, 6.45) is 0. The Balaban J connectivity index is 2.36. The molecule has 0 unspecified atom stereocenters. The molecular formula is C7H15N2. The van der Waals surface area contributed by atoms with E-state index in [4.69, 9.17) is 0 Å². The first kappa shape index (κ1) is 7.03. The van der Waals surface area contributed by atoms with Crippen LogP contribution in [0, 0.1) is 5.41 Å². The molecule has 1 heterocycles. The summed E-state index contributed by atoms with van der Waals surface area (Å²) in [6, 6.07) is 0. The molecule has 1 aliphatic rings. The third-order valence-electron chi connectivity index (χ3n) is 1.59. The van der Waals surface area contributed by atoms with Crippen LogP contribution in [-0.4, -0.2) is 26.2 Å². The summed E-state index contributed by atoms with van der Waals surface area (Å²) in [5.41, 5.74) is 0.385. The largest absolute Gasteiger partial charge is 0.315 e. The SMILES string of the molecule is CC1(C)C[N]CCNC1. The van der Waals surface area contributed by atoms with E-state index in [0.29, 0.717) is 5.41 Å². The van der Waals surface area contributed by atoms with Gasteiger partial charge in [0.1, 0.15) is 0 Å². The van der Waals surface area contributed by atoms with Gasteiger partial charge in [-0.2, -0.15) is 0 Å². The van der Waals surface area contributed by atoms with Crippen LogP contribution in [0.4, 0.5) is 0 Å². The lowest BCUT2D eigenvalue weighted by Crippen LogP contribution is -2.30. The fourth-order valence-corrected chi connectivity index (χ4v) is 1.02. The van der Waals surface area contributed by atoms with Crippen LogP contribution in [0.3, 0.4) is 0 Å². The van der Waals surface area contributed by atoms with Crippen LogP contribution in [0.25, 0.3) is 0 Å². The molecule has 1 N–H and O–H groups in total. The summed E-state index contributed by atoms with van der Waals surface area (Å²) < 4.78 is 0. The van der Waals surface area contributed by atoms with E-state index < -0.39 is 0 Å². The van der Waals surface area contributed by atoms with Gasteiger partial charge in [-0.3, -0.25) is 0 Å². The smallest absolute Gasteiger partial charge is 0.0258 e. The third-order valence-corrected chi connectivity index (χ3v) is 1.59. The zero-order valence-electron chi connectivity index (χ0n) is 6.28. The third kappa shape index (κ3) is 2.33. The Bertz CT molecular complexity index is 78.9. The number of nitrogens with one attached hydrogen (secondary N) is 1. The molecule has 0 saturated carbocycles. The highest BCUT2D eigenvalue weighted by atomic mass is 15.0. The molecule has 0 aromatic rings. The summed E-state index contributed by atoms with van der Waals surface area (Å²) in [7, 11) is 0. The van der Waals surface area contributed by atoms with Gasteiger partial charge in [-0.15, -0.1) is 0 Å². The lowest BCUT2D eigenvalue weighted by atomic mass is 9.94. The van der Waals surface area contributed by atoms with Gasteiger partial charge in [-0.05, 0) is 5.41 Å². The molecule has 1 aliphatic heterocycles. The fourth-order valence-electron chi connectivity index (χ4n) is 1.02. The highest BCUT2D eigenvalue weighted by Gasteiger charge is 2.19. The molecule has 1 rings (SSSR count). The zero-order chi connectivity index (χ0) is 6.74. The van der Waals surface area contributed by atoms with Crippen molar-refractivity contribution < 1.29 is 0 Å². The molecule has 0 bridgehead atoms. The Hall–Kier alpha value is -0.0800. The topological polar surface area (TPSA) is 26.1 Å². The molecule has 53 valence electrons. The summed E-state index contributed by atoms with van der Waals surface area (Å²) in [6.45, 7) is 8.66.